The number of benzene rings is 1. The van der Waals surface area contributed by atoms with Crippen molar-refractivity contribution in [2.75, 3.05) is 18.4 Å². The summed E-state index contributed by atoms with van der Waals surface area (Å²) >= 11 is 5.84. The van der Waals surface area contributed by atoms with Crippen molar-refractivity contribution in [2.24, 2.45) is 0 Å². The minimum Gasteiger partial charge on any atom is -0.352 e. The normalized spacial score (nSPS) is 19.1. The largest absolute Gasteiger partial charge is 0.352 e. The number of anilines is 1. The maximum absolute atomic E-state index is 14.1. The van der Waals surface area contributed by atoms with Gasteiger partial charge in [-0.05, 0) is 57.4 Å². The number of nitrogens with zero attached hydrogens (tertiary/aromatic N) is 3. The molecule has 3 amide bonds. The number of aromatic nitrogens is 2. The van der Waals surface area contributed by atoms with Gasteiger partial charge in [0, 0.05) is 30.4 Å². The van der Waals surface area contributed by atoms with Crippen LogP contribution in [-0.4, -0.2) is 52.0 Å². The van der Waals surface area contributed by atoms with E-state index in [1.165, 1.54) is 12.1 Å². The van der Waals surface area contributed by atoms with Crippen LogP contribution >= 0.6 is 11.6 Å². The number of rotatable bonds is 5. The number of carbonyl (C=O) groups excluding carboxylic acids is 2. The van der Waals surface area contributed by atoms with Gasteiger partial charge < -0.3 is 16.0 Å². The molecule has 0 radical (unpaired) electrons. The third kappa shape index (κ3) is 4.68. The summed E-state index contributed by atoms with van der Waals surface area (Å²) in [6.45, 7) is 4.92. The van der Waals surface area contributed by atoms with Crippen molar-refractivity contribution in [1.29, 1.82) is 0 Å². The lowest BCUT2D eigenvalue weighted by Gasteiger charge is -2.31. The van der Waals surface area contributed by atoms with Gasteiger partial charge in [-0.1, -0.05) is 17.7 Å². The number of fused-ring (bicyclic) bond motifs is 1. The highest BCUT2D eigenvalue weighted by Gasteiger charge is 2.34. The molecule has 1 aromatic heterocycles. The van der Waals surface area contributed by atoms with Gasteiger partial charge in [0.2, 0.25) is 5.95 Å². The predicted octanol–water partition coefficient (Wildman–Crippen LogP) is 3.29. The Morgan fingerprint density at radius 3 is 2.88 bits per heavy atom. The molecule has 0 spiro atoms. The second-order valence-electron chi connectivity index (χ2n) is 8.38. The van der Waals surface area contributed by atoms with E-state index < -0.39 is 23.8 Å². The molecule has 170 valence electrons. The van der Waals surface area contributed by atoms with Crippen LogP contribution in [0, 0.1) is 5.82 Å². The third-order valence-electron chi connectivity index (χ3n) is 5.66. The fourth-order valence-corrected chi connectivity index (χ4v) is 4.20. The van der Waals surface area contributed by atoms with E-state index in [0.29, 0.717) is 23.5 Å². The molecule has 1 aromatic carbocycles. The Hall–Kier alpha value is -2.78. The van der Waals surface area contributed by atoms with E-state index >= 15 is 0 Å². The number of urea groups is 1. The van der Waals surface area contributed by atoms with Gasteiger partial charge >= 0.3 is 6.03 Å². The Balaban J connectivity index is 1.56. The lowest BCUT2D eigenvalue weighted by atomic mass is 9.98. The molecule has 32 heavy (non-hydrogen) atoms. The van der Waals surface area contributed by atoms with E-state index in [1.807, 2.05) is 13.8 Å². The lowest BCUT2D eigenvalue weighted by Crippen LogP contribution is -2.51. The first-order valence-electron chi connectivity index (χ1n) is 10.8. The van der Waals surface area contributed by atoms with Crippen LogP contribution < -0.4 is 16.0 Å². The zero-order valence-electron chi connectivity index (χ0n) is 18.0. The van der Waals surface area contributed by atoms with Crippen molar-refractivity contribution in [2.45, 2.75) is 51.2 Å². The molecular formula is C22H26ClFN6O2. The number of hydrogen-bond donors (Lipinski definition) is 3. The van der Waals surface area contributed by atoms with Crippen molar-refractivity contribution >= 4 is 29.5 Å². The first kappa shape index (κ1) is 22.4. The fraction of sp³-hybridized carbons (Fsp3) is 0.455. The molecule has 10 heteroatoms. The van der Waals surface area contributed by atoms with Crippen LogP contribution in [0.1, 0.15) is 54.3 Å². The molecule has 2 unspecified atom stereocenters. The minimum atomic E-state index is -0.550. The zero-order chi connectivity index (χ0) is 22.8. The standard InChI is InChI=1S/C22H26ClFN6O2/c1-12(2)27-21-26-11-14-7-9-30(20(31)19(14)28-21)22(32)29-18(17-4-3-8-25-17)13-5-6-15(23)16(24)10-13/h5-6,10-12,17-18,25H,3-4,7-9H2,1-2H3,(H,29,32)(H,26,27,28). The van der Waals surface area contributed by atoms with Crippen molar-refractivity contribution < 1.29 is 14.0 Å². The van der Waals surface area contributed by atoms with E-state index in [0.717, 1.165) is 24.3 Å². The summed E-state index contributed by atoms with van der Waals surface area (Å²) in [5.41, 5.74) is 1.52. The van der Waals surface area contributed by atoms with Gasteiger partial charge in [0.15, 0.2) is 0 Å². The Labute approximate surface area is 190 Å². The molecule has 0 saturated carbocycles. The Bertz CT molecular complexity index is 1030. The number of imide groups is 1. The summed E-state index contributed by atoms with van der Waals surface area (Å²) in [6.07, 6.45) is 3.87. The predicted molar refractivity (Wildman–Crippen MR) is 119 cm³/mol. The van der Waals surface area contributed by atoms with Gasteiger partial charge in [-0.3, -0.25) is 9.69 Å². The number of halogens is 2. The Morgan fingerprint density at radius 2 is 2.19 bits per heavy atom. The number of carbonyl (C=O) groups is 2. The van der Waals surface area contributed by atoms with Crippen LogP contribution in [0.2, 0.25) is 5.02 Å². The molecule has 1 fully saturated rings. The highest BCUT2D eigenvalue weighted by Crippen LogP contribution is 2.27. The molecule has 3 N–H and O–H groups in total. The van der Waals surface area contributed by atoms with Crippen molar-refractivity contribution in [3.63, 3.8) is 0 Å². The van der Waals surface area contributed by atoms with E-state index in [-0.39, 0.29) is 29.3 Å². The van der Waals surface area contributed by atoms with Crippen LogP contribution in [0.5, 0.6) is 0 Å². The molecule has 2 atom stereocenters. The van der Waals surface area contributed by atoms with Crippen molar-refractivity contribution in [3.8, 4) is 0 Å². The fourth-order valence-electron chi connectivity index (χ4n) is 4.09. The molecular weight excluding hydrogens is 435 g/mol. The first-order valence-corrected chi connectivity index (χ1v) is 11.1. The third-order valence-corrected chi connectivity index (χ3v) is 5.97. The summed E-state index contributed by atoms with van der Waals surface area (Å²) in [5.74, 6) is -0.677. The van der Waals surface area contributed by atoms with Crippen LogP contribution in [-0.2, 0) is 6.42 Å². The molecule has 2 aromatic rings. The molecule has 2 aliphatic rings. The Kier molecular flexibility index (Phi) is 6.57. The van der Waals surface area contributed by atoms with Gasteiger partial charge in [0.25, 0.3) is 5.91 Å². The summed E-state index contributed by atoms with van der Waals surface area (Å²) < 4.78 is 14.1. The monoisotopic (exact) mass is 460 g/mol. The van der Waals surface area contributed by atoms with Crippen LogP contribution in [0.15, 0.2) is 24.4 Å². The van der Waals surface area contributed by atoms with Gasteiger partial charge in [0.1, 0.15) is 11.5 Å². The summed E-state index contributed by atoms with van der Waals surface area (Å²) in [6, 6.07) is 3.49. The maximum Gasteiger partial charge on any atom is 0.324 e. The molecule has 0 bridgehead atoms. The molecule has 2 aliphatic heterocycles. The summed E-state index contributed by atoms with van der Waals surface area (Å²) in [5, 5.41) is 9.37. The molecule has 3 heterocycles. The number of nitrogens with one attached hydrogen (secondary N) is 3. The molecule has 0 aliphatic carbocycles. The zero-order valence-corrected chi connectivity index (χ0v) is 18.7. The van der Waals surface area contributed by atoms with Crippen LogP contribution in [0.4, 0.5) is 15.1 Å². The quantitative estimate of drug-likeness (QED) is 0.633. The van der Waals surface area contributed by atoms with Crippen LogP contribution in [0.3, 0.4) is 0 Å². The number of hydrogen-bond acceptors (Lipinski definition) is 6. The van der Waals surface area contributed by atoms with E-state index in [1.54, 1.807) is 12.3 Å². The van der Waals surface area contributed by atoms with Gasteiger partial charge in [0.05, 0.1) is 11.1 Å². The summed E-state index contributed by atoms with van der Waals surface area (Å²) in [4.78, 5) is 36.0. The van der Waals surface area contributed by atoms with Gasteiger partial charge in [-0.2, -0.15) is 0 Å². The average Bonchev–Trinajstić information content (AvgIpc) is 3.29. The van der Waals surface area contributed by atoms with Crippen molar-refractivity contribution in [3.05, 3.63) is 52.1 Å². The second kappa shape index (κ2) is 9.38. The highest BCUT2D eigenvalue weighted by atomic mass is 35.5. The molecule has 4 rings (SSSR count). The van der Waals surface area contributed by atoms with E-state index in [2.05, 4.69) is 25.9 Å². The first-order chi connectivity index (χ1) is 15.3. The van der Waals surface area contributed by atoms with Crippen molar-refractivity contribution in [1.82, 2.24) is 25.5 Å². The molecule has 1 saturated heterocycles. The van der Waals surface area contributed by atoms with E-state index in [4.69, 9.17) is 11.6 Å². The lowest BCUT2D eigenvalue weighted by molar-refractivity contribution is 0.0775. The van der Waals surface area contributed by atoms with Crippen LogP contribution in [0.25, 0.3) is 0 Å². The highest BCUT2D eigenvalue weighted by molar-refractivity contribution is 6.30. The van der Waals surface area contributed by atoms with Gasteiger partial charge in [-0.25, -0.2) is 19.2 Å². The maximum atomic E-state index is 14.1. The smallest absolute Gasteiger partial charge is 0.324 e. The average molecular weight is 461 g/mol. The topological polar surface area (TPSA) is 99.2 Å². The number of amides is 3. The molecule has 8 nitrogen and oxygen atoms in total. The SMILES string of the molecule is CC(C)Nc1ncc2c(n1)C(=O)N(C(=O)NC(c1ccc(Cl)c(F)c1)C1CCCN1)CC2. The Morgan fingerprint density at radius 1 is 1.38 bits per heavy atom. The van der Waals surface area contributed by atoms with Gasteiger partial charge in [-0.15, -0.1) is 0 Å². The second-order valence-corrected chi connectivity index (χ2v) is 8.78. The minimum absolute atomic E-state index is 0.0199. The van der Waals surface area contributed by atoms with E-state index in [9.17, 15) is 14.0 Å². The summed E-state index contributed by atoms with van der Waals surface area (Å²) in [7, 11) is 0.